The van der Waals surface area contributed by atoms with Crippen LogP contribution in [0.2, 0.25) is 10.3 Å². The molecule has 0 radical (unpaired) electrons. The minimum Gasteiger partial charge on any atom is -0.437 e. The molecule has 2 N–H and O–H groups in total. The largest absolute Gasteiger partial charge is 0.437 e. The lowest BCUT2D eigenvalue weighted by molar-refractivity contribution is 0.460. The summed E-state index contributed by atoms with van der Waals surface area (Å²) in [5.41, 5.74) is 5.41. The summed E-state index contributed by atoms with van der Waals surface area (Å²) in [4.78, 5) is 11.4. The van der Waals surface area contributed by atoms with Gasteiger partial charge in [0.2, 0.25) is 11.8 Å². The Morgan fingerprint density at radius 1 is 1.12 bits per heavy atom. The predicted molar refractivity (Wildman–Crippen MR) is 60.8 cm³/mol. The monoisotopic (exact) mass is 256 g/mol. The van der Waals surface area contributed by atoms with Crippen molar-refractivity contribution < 1.29 is 4.74 Å². The lowest BCUT2D eigenvalue weighted by Crippen LogP contribution is -1.97. The Kier molecular flexibility index (Phi) is 3.07. The molecule has 7 heteroatoms. The number of hydrogen-bond donors (Lipinski definition) is 1. The molecule has 0 aliphatic carbocycles. The van der Waals surface area contributed by atoms with Crippen LogP contribution in [-0.4, -0.2) is 15.0 Å². The first-order valence-corrected chi connectivity index (χ1v) is 4.98. The molecule has 0 atom stereocenters. The highest BCUT2D eigenvalue weighted by molar-refractivity contribution is 6.29. The van der Waals surface area contributed by atoms with E-state index in [2.05, 4.69) is 15.0 Å². The van der Waals surface area contributed by atoms with Gasteiger partial charge in [0.05, 0.1) is 6.20 Å². The topological polar surface area (TPSA) is 73.9 Å². The van der Waals surface area contributed by atoms with Crippen LogP contribution in [0.5, 0.6) is 11.6 Å². The smallest absolute Gasteiger partial charge is 0.225 e. The number of halogens is 2. The lowest BCUT2D eigenvalue weighted by Gasteiger charge is -2.04. The number of aromatic nitrogens is 3. The number of rotatable bonds is 2. The molecule has 82 valence electrons. The van der Waals surface area contributed by atoms with Crippen LogP contribution in [0.3, 0.4) is 0 Å². The molecule has 5 nitrogen and oxygen atoms in total. The summed E-state index contributed by atoms with van der Waals surface area (Å²) in [5.74, 6) is 0.782. The minimum absolute atomic E-state index is 0.0458. The molecule has 2 heterocycles. The van der Waals surface area contributed by atoms with Gasteiger partial charge in [-0.05, 0) is 12.1 Å². The van der Waals surface area contributed by atoms with Crippen molar-refractivity contribution in [3.63, 3.8) is 0 Å². The van der Waals surface area contributed by atoms with Gasteiger partial charge in [0.1, 0.15) is 16.1 Å². The van der Waals surface area contributed by atoms with Crippen LogP contribution in [0, 0.1) is 0 Å². The van der Waals surface area contributed by atoms with Crippen LogP contribution in [0.25, 0.3) is 0 Å². The van der Waals surface area contributed by atoms with E-state index in [-0.39, 0.29) is 17.0 Å². The molecule has 0 saturated heterocycles. The van der Waals surface area contributed by atoms with Crippen LogP contribution in [0.1, 0.15) is 0 Å². The van der Waals surface area contributed by atoms with Crippen molar-refractivity contribution >= 4 is 29.2 Å². The van der Waals surface area contributed by atoms with E-state index in [1.54, 1.807) is 12.1 Å². The second-order valence-electron chi connectivity index (χ2n) is 2.81. The van der Waals surface area contributed by atoms with Crippen molar-refractivity contribution in [1.82, 2.24) is 15.0 Å². The summed E-state index contributed by atoms with van der Waals surface area (Å²) >= 11 is 11.3. The molecule has 0 spiro atoms. The molecule has 0 aromatic carbocycles. The summed E-state index contributed by atoms with van der Waals surface area (Å²) < 4.78 is 5.36. The van der Waals surface area contributed by atoms with Crippen molar-refractivity contribution in [3.8, 4) is 11.6 Å². The van der Waals surface area contributed by atoms with Crippen molar-refractivity contribution in [2.45, 2.75) is 0 Å². The first-order valence-electron chi connectivity index (χ1n) is 4.23. The highest BCUT2D eigenvalue weighted by Crippen LogP contribution is 2.22. The van der Waals surface area contributed by atoms with Gasteiger partial charge in [0.15, 0.2) is 0 Å². The molecular formula is C9H6Cl2N4O. The average molecular weight is 257 g/mol. The molecule has 16 heavy (non-hydrogen) atoms. The Balaban J connectivity index is 2.23. The van der Waals surface area contributed by atoms with E-state index >= 15 is 0 Å². The van der Waals surface area contributed by atoms with Crippen LogP contribution >= 0.6 is 23.2 Å². The van der Waals surface area contributed by atoms with Crippen molar-refractivity contribution in [2.24, 2.45) is 0 Å². The second kappa shape index (κ2) is 4.51. The van der Waals surface area contributed by atoms with Crippen molar-refractivity contribution in [1.29, 1.82) is 0 Å². The Hall–Kier alpha value is -1.59. The third-order valence-electron chi connectivity index (χ3n) is 1.61. The lowest BCUT2D eigenvalue weighted by atomic mass is 10.4. The van der Waals surface area contributed by atoms with Gasteiger partial charge in [-0.1, -0.05) is 23.2 Å². The van der Waals surface area contributed by atoms with Crippen LogP contribution in [-0.2, 0) is 0 Å². The van der Waals surface area contributed by atoms with Gasteiger partial charge in [-0.25, -0.2) is 9.97 Å². The van der Waals surface area contributed by atoms with Gasteiger partial charge in [0.25, 0.3) is 0 Å². The van der Waals surface area contributed by atoms with Gasteiger partial charge >= 0.3 is 0 Å². The molecule has 2 aromatic rings. The summed E-state index contributed by atoms with van der Waals surface area (Å²) in [5, 5.41) is 0.594. The maximum Gasteiger partial charge on any atom is 0.225 e. The Morgan fingerprint density at radius 3 is 2.56 bits per heavy atom. The maximum absolute atomic E-state index is 5.69. The standard InChI is InChI=1S/C9H6Cl2N4O/c10-6-2-1-5(4-13-6)16-8-3-7(11)14-9(12)15-8/h1-4H,(H2,12,14,15). The molecular weight excluding hydrogens is 251 g/mol. The van der Waals surface area contributed by atoms with Crippen LogP contribution in [0.15, 0.2) is 24.4 Å². The number of nitrogen functional groups attached to an aromatic ring is 1. The van der Waals surface area contributed by atoms with E-state index in [1.165, 1.54) is 12.3 Å². The molecule has 0 fully saturated rings. The summed E-state index contributed by atoms with van der Waals surface area (Å²) in [6, 6.07) is 4.71. The van der Waals surface area contributed by atoms with Gasteiger partial charge in [0, 0.05) is 6.07 Å². The Labute approximate surface area is 101 Å². The molecule has 0 unspecified atom stereocenters. The normalized spacial score (nSPS) is 10.1. The van der Waals surface area contributed by atoms with Gasteiger partial charge in [-0.3, -0.25) is 0 Å². The fraction of sp³-hybridized carbons (Fsp3) is 0. The molecule has 2 rings (SSSR count). The average Bonchev–Trinajstić information content (AvgIpc) is 2.20. The highest BCUT2D eigenvalue weighted by atomic mass is 35.5. The van der Waals surface area contributed by atoms with Gasteiger partial charge in [-0.2, -0.15) is 4.98 Å². The van der Waals surface area contributed by atoms with Crippen molar-refractivity contribution in [2.75, 3.05) is 5.73 Å². The zero-order valence-corrected chi connectivity index (χ0v) is 9.40. The van der Waals surface area contributed by atoms with Gasteiger partial charge in [-0.15, -0.1) is 0 Å². The number of nitrogens with zero attached hydrogens (tertiary/aromatic N) is 3. The zero-order chi connectivity index (χ0) is 11.5. The summed E-state index contributed by atoms with van der Waals surface area (Å²) in [6.45, 7) is 0. The first kappa shape index (κ1) is 10.9. The fourth-order valence-corrected chi connectivity index (χ4v) is 1.30. The maximum atomic E-state index is 5.69. The zero-order valence-electron chi connectivity index (χ0n) is 7.89. The molecule has 2 aromatic heterocycles. The molecule has 0 aliphatic heterocycles. The van der Waals surface area contributed by atoms with Crippen molar-refractivity contribution in [3.05, 3.63) is 34.7 Å². The molecule has 0 amide bonds. The number of nitrogens with two attached hydrogens (primary N) is 1. The predicted octanol–water partition coefficient (Wildman–Crippen LogP) is 2.55. The SMILES string of the molecule is Nc1nc(Cl)cc(Oc2ccc(Cl)nc2)n1. The van der Waals surface area contributed by atoms with E-state index in [1.807, 2.05) is 0 Å². The van der Waals surface area contributed by atoms with E-state index < -0.39 is 0 Å². The van der Waals surface area contributed by atoms with E-state index in [0.717, 1.165) is 0 Å². The molecule has 0 aliphatic rings. The number of hydrogen-bond acceptors (Lipinski definition) is 5. The minimum atomic E-state index is 0.0458. The quantitative estimate of drug-likeness (QED) is 0.661. The van der Waals surface area contributed by atoms with Gasteiger partial charge < -0.3 is 10.5 Å². The van der Waals surface area contributed by atoms with E-state index in [9.17, 15) is 0 Å². The number of ether oxygens (including phenoxy) is 1. The van der Waals surface area contributed by atoms with E-state index in [4.69, 9.17) is 33.7 Å². The van der Waals surface area contributed by atoms with E-state index in [0.29, 0.717) is 10.9 Å². The first-order chi connectivity index (χ1) is 7.63. The second-order valence-corrected chi connectivity index (χ2v) is 3.58. The summed E-state index contributed by atoms with van der Waals surface area (Å²) in [6.07, 6.45) is 1.47. The number of pyridine rings is 1. The molecule has 0 saturated carbocycles. The van der Waals surface area contributed by atoms with Crippen LogP contribution < -0.4 is 10.5 Å². The Bertz CT molecular complexity index is 483. The third-order valence-corrected chi connectivity index (χ3v) is 2.03. The number of anilines is 1. The van der Waals surface area contributed by atoms with Crippen LogP contribution in [0.4, 0.5) is 5.95 Å². The Morgan fingerprint density at radius 2 is 1.94 bits per heavy atom. The summed E-state index contributed by atoms with van der Waals surface area (Å²) in [7, 11) is 0. The third kappa shape index (κ3) is 2.71. The fourth-order valence-electron chi connectivity index (χ4n) is 1.01. The molecule has 0 bridgehead atoms. The highest BCUT2D eigenvalue weighted by Gasteiger charge is 2.03.